The van der Waals surface area contributed by atoms with Crippen LogP contribution in [0, 0.1) is 5.92 Å². The van der Waals surface area contributed by atoms with Crippen LogP contribution in [-0.4, -0.2) is 81.4 Å². The van der Waals surface area contributed by atoms with Crippen molar-refractivity contribution in [3.8, 4) is 0 Å². The molecule has 0 saturated carbocycles. The average molecular weight is 533 g/mol. The van der Waals surface area contributed by atoms with E-state index in [9.17, 15) is 19.2 Å². The molecule has 6 N–H and O–H groups in total. The van der Waals surface area contributed by atoms with E-state index in [2.05, 4.69) is 18.6 Å². The van der Waals surface area contributed by atoms with E-state index in [4.69, 9.17) is 30.6 Å². The summed E-state index contributed by atoms with van der Waals surface area (Å²) in [7, 11) is 1.62. The lowest BCUT2D eigenvalue weighted by Gasteiger charge is -2.08. The molecule has 0 radical (unpaired) electrons. The minimum absolute atomic E-state index is 0.0628. The minimum Gasteiger partial charge on any atom is -0.481 e. The molecule has 0 aliphatic rings. The van der Waals surface area contributed by atoms with Gasteiger partial charge in [-0.3, -0.25) is 9.59 Å². The normalized spacial score (nSPS) is 10.3. The van der Waals surface area contributed by atoms with Crippen LogP contribution in [-0.2, 0) is 14.3 Å². The SMILES string of the molecule is CCCCC(CC)CO.COCCCO.O=C(O)CCCCC(=O)O.O=C(O)c1ccccc1C(=O)O. The summed E-state index contributed by atoms with van der Waals surface area (Å²) in [5.41, 5.74) is -0.380. The van der Waals surface area contributed by atoms with Gasteiger partial charge in [0, 0.05) is 39.8 Å². The van der Waals surface area contributed by atoms with Crippen LogP contribution in [0.2, 0.25) is 0 Å². The van der Waals surface area contributed by atoms with Gasteiger partial charge in [0.2, 0.25) is 0 Å². The smallest absolute Gasteiger partial charge is 0.336 e. The number of hydrogen-bond donors (Lipinski definition) is 6. The number of aromatic carboxylic acids is 2. The predicted octanol–water partition coefficient (Wildman–Crippen LogP) is 4.01. The van der Waals surface area contributed by atoms with Gasteiger partial charge in [-0.2, -0.15) is 0 Å². The summed E-state index contributed by atoms with van der Waals surface area (Å²) >= 11 is 0. The monoisotopic (exact) mass is 532 g/mol. The highest BCUT2D eigenvalue weighted by Gasteiger charge is 2.13. The van der Waals surface area contributed by atoms with Crippen molar-refractivity contribution >= 4 is 23.9 Å². The molecule has 0 fully saturated rings. The zero-order valence-corrected chi connectivity index (χ0v) is 22.1. The molecule has 11 heteroatoms. The van der Waals surface area contributed by atoms with Gasteiger partial charge in [-0.1, -0.05) is 45.2 Å². The lowest BCUT2D eigenvalue weighted by molar-refractivity contribution is -0.139. The minimum atomic E-state index is -1.23. The molecule has 1 aromatic rings. The lowest BCUT2D eigenvalue weighted by Crippen LogP contribution is -2.06. The van der Waals surface area contributed by atoms with Crippen molar-refractivity contribution in [3.05, 3.63) is 35.4 Å². The largest absolute Gasteiger partial charge is 0.481 e. The third-order valence-electron chi connectivity index (χ3n) is 4.73. The van der Waals surface area contributed by atoms with E-state index in [0.717, 1.165) is 12.8 Å². The summed E-state index contributed by atoms with van der Waals surface area (Å²) in [5, 5.41) is 50.2. The third kappa shape index (κ3) is 27.4. The predicted molar refractivity (Wildman–Crippen MR) is 138 cm³/mol. The average Bonchev–Trinajstić information content (AvgIpc) is 2.87. The van der Waals surface area contributed by atoms with Gasteiger partial charge in [0.25, 0.3) is 0 Å². The zero-order valence-electron chi connectivity index (χ0n) is 22.1. The van der Waals surface area contributed by atoms with Gasteiger partial charge >= 0.3 is 23.9 Å². The standard InChI is InChI=1S/C8H6O4.C8H18O.C6H10O4.C4H10O2/c9-7(10)5-3-1-2-4-6(5)8(11)12;1-3-5-6-8(4-2)7-9;7-5(8)3-1-2-4-6(9)10;1-6-4-2-3-5/h1-4H,(H,9,10)(H,11,12);8-9H,3-7H2,1-2H3;1-4H2,(H,7,8)(H,9,10);5H,2-4H2,1H3. The first-order chi connectivity index (χ1) is 17.5. The van der Waals surface area contributed by atoms with Gasteiger partial charge in [-0.05, 0) is 43.7 Å². The molecule has 214 valence electrons. The highest BCUT2D eigenvalue weighted by molar-refractivity contribution is 6.01. The van der Waals surface area contributed by atoms with Crippen LogP contribution in [0.4, 0.5) is 0 Å². The molecular formula is C26H44O11. The maximum atomic E-state index is 10.5. The first-order valence-corrected chi connectivity index (χ1v) is 12.2. The molecule has 37 heavy (non-hydrogen) atoms. The van der Waals surface area contributed by atoms with Crippen molar-refractivity contribution in [2.75, 3.05) is 26.9 Å². The van der Waals surface area contributed by atoms with E-state index in [0.29, 0.717) is 32.0 Å². The summed E-state index contributed by atoms with van der Waals surface area (Å²) in [6, 6.07) is 5.48. The number of carbonyl (C=O) groups is 4. The Morgan fingerprint density at radius 1 is 0.784 bits per heavy atom. The van der Waals surface area contributed by atoms with Gasteiger partial charge in [0.05, 0.1) is 11.1 Å². The Hall–Kier alpha value is -3.02. The van der Waals surface area contributed by atoms with Crippen LogP contribution in [0.3, 0.4) is 0 Å². The molecule has 1 aromatic carbocycles. The fourth-order valence-electron chi connectivity index (χ4n) is 2.53. The van der Waals surface area contributed by atoms with Gasteiger partial charge in [-0.25, -0.2) is 9.59 Å². The molecule has 0 bridgehead atoms. The second-order valence-corrected chi connectivity index (χ2v) is 7.82. The Labute approximate surface area is 218 Å². The maximum Gasteiger partial charge on any atom is 0.336 e. The van der Waals surface area contributed by atoms with E-state index < -0.39 is 23.9 Å². The van der Waals surface area contributed by atoms with Crippen LogP contribution in [0.5, 0.6) is 0 Å². The van der Waals surface area contributed by atoms with Crippen LogP contribution >= 0.6 is 0 Å². The molecule has 0 aromatic heterocycles. The molecule has 0 aliphatic carbocycles. The number of carboxylic acid groups (broad SMARTS) is 4. The maximum absolute atomic E-state index is 10.5. The van der Waals surface area contributed by atoms with Crippen LogP contribution < -0.4 is 0 Å². The number of aliphatic hydroxyl groups is 2. The van der Waals surface area contributed by atoms with Gasteiger partial charge in [-0.15, -0.1) is 0 Å². The second kappa shape index (κ2) is 27.6. The third-order valence-corrected chi connectivity index (χ3v) is 4.73. The van der Waals surface area contributed by atoms with Crippen LogP contribution in [0.15, 0.2) is 24.3 Å². The summed E-state index contributed by atoms with van der Waals surface area (Å²) < 4.78 is 4.62. The van der Waals surface area contributed by atoms with Crippen molar-refractivity contribution < 1.29 is 54.6 Å². The molecule has 0 saturated heterocycles. The first-order valence-electron chi connectivity index (χ1n) is 12.2. The number of hydrogen-bond acceptors (Lipinski definition) is 7. The van der Waals surface area contributed by atoms with Crippen molar-refractivity contribution in [1.29, 1.82) is 0 Å². The van der Waals surface area contributed by atoms with E-state index in [-0.39, 0.29) is 30.6 Å². The van der Waals surface area contributed by atoms with Crippen LogP contribution in [0.1, 0.15) is 92.4 Å². The highest BCUT2D eigenvalue weighted by atomic mass is 16.5. The van der Waals surface area contributed by atoms with E-state index in [1.807, 2.05) is 0 Å². The molecule has 1 rings (SSSR count). The number of aliphatic carboxylic acids is 2. The Morgan fingerprint density at radius 2 is 1.24 bits per heavy atom. The zero-order chi connectivity index (χ0) is 29.1. The molecule has 11 nitrogen and oxygen atoms in total. The Bertz CT molecular complexity index is 678. The molecule has 1 unspecified atom stereocenters. The van der Waals surface area contributed by atoms with Crippen molar-refractivity contribution in [2.45, 2.75) is 71.6 Å². The van der Waals surface area contributed by atoms with E-state index in [1.54, 1.807) is 7.11 Å². The fourth-order valence-corrected chi connectivity index (χ4v) is 2.53. The van der Waals surface area contributed by atoms with Crippen LogP contribution in [0.25, 0.3) is 0 Å². The van der Waals surface area contributed by atoms with E-state index in [1.165, 1.54) is 43.5 Å². The molecule has 0 heterocycles. The van der Waals surface area contributed by atoms with Crippen molar-refractivity contribution in [1.82, 2.24) is 0 Å². The summed E-state index contributed by atoms with van der Waals surface area (Å²) in [5.74, 6) is -3.64. The molecule has 0 spiro atoms. The number of benzene rings is 1. The van der Waals surface area contributed by atoms with Gasteiger partial charge < -0.3 is 35.4 Å². The quantitative estimate of drug-likeness (QED) is 0.178. The molecular weight excluding hydrogens is 488 g/mol. The topological polar surface area (TPSA) is 199 Å². The number of aliphatic hydroxyl groups excluding tert-OH is 2. The van der Waals surface area contributed by atoms with Crippen molar-refractivity contribution in [3.63, 3.8) is 0 Å². The number of ether oxygens (including phenoxy) is 1. The van der Waals surface area contributed by atoms with Gasteiger partial charge in [0.1, 0.15) is 0 Å². The molecule has 1 atom stereocenters. The summed E-state index contributed by atoms with van der Waals surface area (Å²) in [4.78, 5) is 40.7. The Morgan fingerprint density at radius 3 is 1.49 bits per heavy atom. The molecule has 0 amide bonds. The Kier molecular flexibility index (Phi) is 28.7. The highest BCUT2D eigenvalue weighted by Crippen LogP contribution is 2.10. The van der Waals surface area contributed by atoms with E-state index >= 15 is 0 Å². The van der Waals surface area contributed by atoms with Gasteiger partial charge in [0.15, 0.2) is 0 Å². The summed E-state index contributed by atoms with van der Waals surface area (Å²) in [6.45, 7) is 5.58. The fraction of sp³-hybridized carbons (Fsp3) is 0.615. The summed E-state index contributed by atoms with van der Waals surface area (Å²) in [6.07, 6.45) is 6.59. The van der Waals surface area contributed by atoms with Crippen molar-refractivity contribution in [2.24, 2.45) is 5.92 Å². The lowest BCUT2D eigenvalue weighted by atomic mass is 10.0. The number of unbranched alkanes of at least 4 members (excludes halogenated alkanes) is 2. The first kappa shape index (κ1) is 38.5. The number of rotatable bonds is 15. The Balaban J connectivity index is -0.000000429. The molecule has 0 aliphatic heterocycles. The number of carboxylic acids is 4. The number of methoxy groups -OCH3 is 1. The second-order valence-electron chi connectivity index (χ2n) is 7.82.